The number of benzene rings is 6. The van der Waals surface area contributed by atoms with E-state index in [2.05, 4.69) is 21.3 Å². The number of hydrogen-bond acceptors (Lipinski definition) is 13. The maximum absolute atomic E-state index is 15.0. The highest BCUT2D eigenvalue weighted by molar-refractivity contribution is 7.98. The molecule has 494 valence electrons. The van der Waals surface area contributed by atoms with Crippen molar-refractivity contribution >= 4 is 81.7 Å². The summed E-state index contributed by atoms with van der Waals surface area (Å²) >= 11 is 1.46. The lowest BCUT2D eigenvalue weighted by Crippen LogP contribution is -2.55. The average Bonchev–Trinajstić information content (AvgIpc) is 1.37. The van der Waals surface area contributed by atoms with E-state index in [1.54, 1.807) is 49.4 Å². The maximum Gasteiger partial charge on any atom is 0.303 e. The first-order valence-corrected chi connectivity index (χ1v) is 32.9. The normalized spacial score (nSPS) is 19.4. The van der Waals surface area contributed by atoms with Gasteiger partial charge in [-0.3, -0.25) is 47.9 Å². The molecular formula is C71H81N9O13S. The van der Waals surface area contributed by atoms with Crippen LogP contribution < -0.4 is 36.5 Å². The summed E-state index contributed by atoms with van der Waals surface area (Å²) in [6.07, 6.45) is 1.16. The number of primary amides is 1. The molecule has 23 heteroatoms. The van der Waals surface area contributed by atoms with Crippen LogP contribution in [-0.4, -0.2) is 173 Å². The third-order valence-corrected chi connectivity index (χ3v) is 17.5. The minimum absolute atomic E-state index is 0.0116. The number of nitrogens with zero attached hydrogens (tertiary/aromatic N) is 4. The van der Waals surface area contributed by atoms with E-state index in [4.69, 9.17) is 15.2 Å². The molecule has 0 aromatic heterocycles. The number of rotatable bonds is 15. The minimum atomic E-state index is -1.18. The molecule has 0 saturated heterocycles. The predicted molar refractivity (Wildman–Crippen MR) is 354 cm³/mol. The van der Waals surface area contributed by atoms with Crippen molar-refractivity contribution in [3.05, 3.63) is 179 Å². The van der Waals surface area contributed by atoms with Crippen LogP contribution in [0.2, 0.25) is 0 Å². The van der Waals surface area contributed by atoms with Crippen LogP contribution >= 0.6 is 11.8 Å². The lowest BCUT2D eigenvalue weighted by atomic mass is 10.0. The van der Waals surface area contributed by atoms with E-state index in [0.717, 1.165) is 40.3 Å². The first kappa shape index (κ1) is 68.6. The molecule has 1 fully saturated rings. The number of carbonyl (C=O) groups excluding carboxylic acids is 9. The Balaban J connectivity index is 1.05. The van der Waals surface area contributed by atoms with E-state index in [0.29, 0.717) is 39.7 Å². The topological polar surface area (TPSA) is 296 Å². The van der Waals surface area contributed by atoms with Crippen LogP contribution in [0.1, 0.15) is 83.6 Å². The Morgan fingerprint density at radius 1 is 0.574 bits per heavy atom. The molecule has 1 aliphatic carbocycles. The monoisotopic (exact) mass is 1300 g/mol. The van der Waals surface area contributed by atoms with Gasteiger partial charge in [-0.2, -0.15) is 11.8 Å². The van der Waals surface area contributed by atoms with Gasteiger partial charge in [-0.1, -0.05) is 121 Å². The quantitative estimate of drug-likeness (QED) is 0.0720. The summed E-state index contributed by atoms with van der Waals surface area (Å²) in [5.41, 5.74) is 9.73. The largest absolute Gasteiger partial charge is 0.481 e. The fourth-order valence-corrected chi connectivity index (χ4v) is 12.5. The molecule has 7 N–H and O–H groups in total. The van der Waals surface area contributed by atoms with Gasteiger partial charge in [-0.05, 0) is 108 Å². The Morgan fingerprint density at radius 2 is 1.12 bits per heavy atom. The fourth-order valence-electron chi connectivity index (χ4n) is 11.6. The van der Waals surface area contributed by atoms with Gasteiger partial charge in [0.05, 0.1) is 51.1 Å². The molecule has 4 aliphatic rings. The molecule has 0 unspecified atom stereocenters. The number of aliphatic carboxylic acids is 1. The third kappa shape index (κ3) is 21.7. The summed E-state index contributed by atoms with van der Waals surface area (Å²) in [7, 11) is 0. The Kier molecular flexibility index (Phi) is 24.6. The molecule has 6 aromatic rings. The lowest BCUT2D eigenvalue weighted by Gasteiger charge is -2.32. The number of ether oxygens (including phenoxy) is 2. The van der Waals surface area contributed by atoms with E-state index in [1.807, 2.05) is 103 Å². The summed E-state index contributed by atoms with van der Waals surface area (Å²) in [4.78, 5) is 146. The van der Waals surface area contributed by atoms with Crippen molar-refractivity contribution in [2.75, 3.05) is 64.9 Å². The molecule has 0 radical (unpaired) electrons. The smallest absolute Gasteiger partial charge is 0.303 e. The molecule has 3 aliphatic heterocycles. The molecule has 4 atom stereocenters. The molecule has 1 saturated carbocycles. The van der Waals surface area contributed by atoms with Crippen molar-refractivity contribution in [1.29, 1.82) is 0 Å². The van der Waals surface area contributed by atoms with Crippen LogP contribution in [0, 0.1) is 5.92 Å². The van der Waals surface area contributed by atoms with Gasteiger partial charge < -0.3 is 61.2 Å². The van der Waals surface area contributed by atoms with Crippen molar-refractivity contribution in [2.45, 2.75) is 101 Å². The number of carboxylic acid groups (broad SMARTS) is 1. The summed E-state index contributed by atoms with van der Waals surface area (Å²) in [6.45, 7) is -1.02. The number of nitrogens with two attached hydrogens (primary N) is 1. The molecule has 94 heavy (non-hydrogen) atoms. The fraction of sp³-hybridized carbons (Fsp3) is 0.380. The first-order chi connectivity index (χ1) is 45.3. The van der Waals surface area contributed by atoms with Crippen LogP contribution in [0.15, 0.2) is 146 Å². The Hall–Kier alpha value is -9.77. The summed E-state index contributed by atoms with van der Waals surface area (Å²) in [5.74, 6) is -4.18. The molecule has 22 nitrogen and oxygen atoms in total. The zero-order valence-corrected chi connectivity index (χ0v) is 53.5. The number of nitrogens with one attached hydrogen (secondary N) is 4. The van der Waals surface area contributed by atoms with Crippen LogP contribution in [0.3, 0.4) is 0 Å². The predicted octanol–water partition coefficient (Wildman–Crippen LogP) is 5.21. The van der Waals surface area contributed by atoms with E-state index in [1.165, 1.54) is 31.4 Å². The molecule has 10 rings (SSSR count). The van der Waals surface area contributed by atoms with Gasteiger partial charge in [0.1, 0.15) is 0 Å². The Labute approximate surface area is 550 Å². The standard InChI is InChI=1S/C71H81N9O13S/c1-47-37-77(68(87)36-53-21-26-60-61(33-53)93-46-92-60)42-64(83)76-59(32-49-12-6-3-7-13-49)40-80(69(88)35-52-20-22-54-14-8-9-15-56(54)30-52)43-63(82)74-57(25-27-70(89)90)38-79(67(86)34-50-16-17-50)44-65(84)75-58(31-48-10-4-2-5-11-48)39-78(41-62(72)81)66(85)28-29-94-45-51-18-23-55(24-19-51)71(91)73-47/h2-15,18-24,26,30,33,47,50,57-59H,16-17,25,27-29,31-32,34-46H2,1H3,(H2,72,81)(H,73,91)(H,74,82)(H,75,84)(H,76,83)(H,89,90)/t47-,57-,58-,59-/m0/s1. The van der Waals surface area contributed by atoms with Crippen molar-refractivity contribution < 1.29 is 62.5 Å². The Bertz CT molecular complexity index is 3670. The molecule has 6 aromatic carbocycles. The van der Waals surface area contributed by atoms with Crippen LogP contribution in [0.4, 0.5) is 0 Å². The first-order valence-electron chi connectivity index (χ1n) is 31.8. The van der Waals surface area contributed by atoms with Crippen LogP contribution in [0.5, 0.6) is 11.5 Å². The number of hydrogen-bond donors (Lipinski definition) is 6. The number of amides is 9. The summed E-state index contributed by atoms with van der Waals surface area (Å²) in [5, 5.41) is 23.8. The van der Waals surface area contributed by atoms with E-state index in [9.17, 15) is 53.1 Å². The number of carboxylic acids is 1. The molecule has 2 bridgehead atoms. The molecule has 3 heterocycles. The summed E-state index contributed by atoms with van der Waals surface area (Å²) in [6, 6.07) is 40.3. The van der Waals surface area contributed by atoms with Crippen molar-refractivity contribution in [1.82, 2.24) is 40.9 Å². The van der Waals surface area contributed by atoms with Gasteiger partial charge in [0.2, 0.25) is 54.1 Å². The number of carbonyl (C=O) groups is 10. The van der Waals surface area contributed by atoms with E-state index in [-0.39, 0.29) is 83.8 Å². The highest BCUT2D eigenvalue weighted by Gasteiger charge is 2.33. The van der Waals surface area contributed by atoms with Gasteiger partial charge in [-0.25, -0.2) is 0 Å². The van der Waals surface area contributed by atoms with Gasteiger partial charge in [0.25, 0.3) is 5.91 Å². The molecule has 9 amide bonds. The van der Waals surface area contributed by atoms with Crippen molar-refractivity contribution in [3.63, 3.8) is 0 Å². The second-order valence-electron chi connectivity index (χ2n) is 24.4. The average molecular weight is 1300 g/mol. The molecular weight excluding hydrogens is 1220 g/mol. The van der Waals surface area contributed by atoms with Gasteiger partial charge >= 0.3 is 5.97 Å². The van der Waals surface area contributed by atoms with Gasteiger partial charge in [-0.15, -0.1) is 0 Å². The van der Waals surface area contributed by atoms with Crippen LogP contribution in [-0.2, 0) is 74.6 Å². The SMILES string of the molecule is C[C@H]1CN(C(=O)Cc2ccc3c(c2)OCO3)CC(=O)N[C@@H](Cc2ccccc2)CN(C(=O)Cc2ccc3ccccc3c2)CC(=O)N[C@@H](CCC(=O)O)CN(C(=O)CC2CC2)CC(=O)N[C@@H](Cc2ccccc2)CN(CC(N)=O)C(=O)CCSCc2ccc(cc2)C(=O)N1. The number of fused-ring (bicyclic) bond motifs is 31. The molecule has 0 spiro atoms. The van der Waals surface area contributed by atoms with Gasteiger partial charge in [0.15, 0.2) is 11.5 Å². The van der Waals surface area contributed by atoms with Gasteiger partial charge in [0, 0.05) is 74.6 Å². The second kappa shape index (κ2) is 33.7. The highest BCUT2D eigenvalue weighted by atomic mass is 32.2. The number of thioether (sulfide) groups is 1. The zero-order valence-electron chi connectivity index (χ0n) is 52.7. The minimum Gasteiger partial charge on any atom is -0.481 e. The third-order valence-electron chi connectivity index (χ3n) is 16.5. The zero-order chi connectivity index (χ0) is 66.5. The maximum atomic E-state index is 15.0. The highest BCUT2D eigenvalue weighted by Crippen LogP contribution is 2.34. The van der Waals surface area contributed by atoms with Crippen LogP contribution in [0.25, 0.3) is 10.8 Å². The van der Waals surface area contributed by atoms with Crippen molar-refractivity contribution in [2.24, 2.45) is 11.7 Å². The van der Waals surface area contributed by atoms with E-state index < -0.39 is 116 Å². The lowest BCUT2D eigenvalue weighted by molar-refractivity contribution is -0.139. The van der Waals surface area contributed by atoms with Crippen molar-refractivity contribution in [3.8, 4) is 11.5 Å². The summed E-state index contributed by atoms with van der Waals surface area (Å²) < 4.78 is 11.1. The second-order valence-corrected chi connectivity index (χ2v) is 25.5. The Morgan fingerprint density at radius 3 is 1.73 bits per heavy atom. The van der Waals surface area contributed by atoms with E-state index >= 15 is 0 Å².